The number of carbonyl (C=O) groups excluding carboxylic acids is 3. The van der Waals surface area contributed by atoms with E-state index in [9.17, 15) is 18.8 Å². The molecule has 3 aromatic rings. The summed E-state index contributed by atoms with van der Waals surface area (Å²) in [7, 11) is 0. The van der Waals surface area contributed by atoms with Gasteiger partial charge in [-0.3, -0.25) is 14.4 Å². The topological polar surface area (TPSA) is 89.8 Å². The van der Waals surface area contributed by atoms with Crippen LogP contribution in [0.1, 0.15) is 40.1 Å². The van der Waals surface area contributed by atoms with Crippen molar-refractivity contribution in [1.29, 1.82) is 0 Å². The van der Waals surface area contributed by atoms with Crippen LogP contribution in [0, 0.1) is 11.7 Å². The van der Waals surface area contributed by atoms with Gasteiger partial charge < -0.3 is 10.5 Å². The Morgan fingerprint density at radius 1 is 0.844 bits per heavy atom. The van der Waals surface area contributed by atoms with Crippen LogP contribution in [0.3, 0.4) is 0 Å². The molecular weight excluding hydrogens is 409 g/mol. The molecular formula is C26H24FNO4. The van der Waals surface area contributed by atoms with Gasteiger partial charge in [0.25, 0.3) is 0 Å². The molecule has 1 fully saturated rings. The molecule has 32 heavy (non-hydrogen) atoms. The van der Waals surface area contributed by atoms with E-state index in [0.29, 0.717) is 16.7 Å². The number of halogens is 1. The number of hydrogen-bond donors (Lipinski definition) is 1. The number of hydrogen-bond acceptors (Lipinski definition) is 4. The standard InChI is InChI=1S/C19H17FO3.C7H7NO/c1-12(2)16(21)18-19(23-18,14-6-4-3-5-7-14)17(22)13-8-10-15(20)11-9-13;8-7(9)6-4-2-1-3-5-6/h3-12,18H,1-2H3;1-5H,(H2,8,9). The first-order valence-electron chi connectivity index (χ1n) is 10.2. The lowest BCUT2D eigenvalue weighted by atomic mass is 9.84. The number of epoxide rings is 1. The zero-order valence-corrected chi connectivity index (χ0v) is 17.8. The third-order valence-electron chi connectivity index (χ3n) is 5.15. The summed E-state index contributed by atoms with van der Waals surface area (Å²) in [5.74, 6) is -1.45. The van der Waals surface area contributed by atoms with Gasteiger partial charge in [-0.1, -0.05) is 62.4 Å². The molecule has 1 heterocycles. The summed E-state index contributed by atoms with van der Waals surface area (Å²) >= 11 is 0. The Balaban J connectivity index is 0.000000269. The van der Waals surface area contributed by atoms with Crippen LogP contribution in [0.5, 0.6) is 0 Å². The average Bonchev–Trinajstić information content (AvgIpc) is 3.57. The number of ketones is 2. The number of carbonyl (C=O) groups is 3. The maximum atomic E-state index is 13.1. The van der Waals surface area contributed by atoms with Crippen LogP contribution in [-0.4, -0.2) is 23.6 Å². The summed E-state index contributed by atoms with van der Waals surface area (Å²) in [4.78, 5) is 35.7. The van der Waals surface area contributed by atoms with Gasteiger partial charge in [0.1, 0.15) is 5.82 Å². The lowest BCUT2D eigenvalue weighted by Gasteiger charge is -2.13. The van der Waals surface area contributed by atoms with Crippen LogP contribution < -0.4 is 5.73 Å². The van der Waals surface area contributed by atoms with Gasteiger partial charge in [-0.05, 0) is 42.0 Å². The summed E-state index contributed by atoms with van der Waals surface area (Å²) in [6, 6.07) is 23.0. The Kier molecular flexibility index (Phi) is 6.95. The highest BCUT2D eigenvalue weighted by atomic mass is 19.1. The highest BCUT2D eigenvalue weighted by molar-refractivity contribution is 6.10. The van der Waals surface area contributed by atoms with Gasteiger partial charge in [-0.15, -0.1) is 0 Å². The molecule has 5 nitrogen and oxygen atoms in total. The van der Waals surface area contributed by atoms with E-state index in [1.54, 1.807) is 62.4 Å². The van der Waals surface area contributed by atoms with Crippen LogP contribution in [0.2, 0.25) is 0 Å². The molecule has 0 spiro atoms. The van der Waals surface area contributed by atoms with E-state index in [-0.39, 0.29) is 23.4 Å². The molecule has 164 valence electrons. The van der Waals surface area contributed by atoms with Crippen molar-refractivity contribution in [3.63, 3.8) is 0 Å². The fourth-order valence-electron chi connectivity index (χ4n) is 3.34. The second-order valence-electron chi connectivity index (χ2n) is 7.72. The monoisotopic (exact) mass is 433 g/mol. The molecule has 3 aromatic carbocycles. The fourth-order valence-corrected chi connectivity index (χ4v) is 3.34. The number of rotatable bonds is 6. The third-order valence-corrected chi connectivity index (χ3v) is 5.15. The zero-order valence-electron chi connectivity index (χ0n) is 17.8. The average molecular weight is 433 g/mol. The number of ether oxygens (including phenoxy) is 1. The summed E-state index contributed by atoms with van der Waals surface area (Å²) < 4.78 is 18.8. The first kappa shape index (κ1) is 23.0. The second-order valence-corrected chi connectivity index (χ2v) is 7.72. The van der Waals surface area contributed by atoms with Crippen LogP contribution >= 0.6 is 0 Å². The van der Waals surface area contributed by atoms with E-state index in [4.69, 9.17) is 10.5 Å². The Bertz CT molecular complexity index is 1100. The number of Topliss-reactive ketones (excluding diaryl/α,β-unsaturated/α-hetero) is 2. The lowest BCUT2D eigenvalue weighted by molar-refractivity contribution is -0.123. The second kappa shape index (κ2) is 9.66. The van der Waals surface area contributed by atoms with E-state index in [0.717, 1.165) is 0 Å². The molecule has 1 aliphatic heterocycles. The molecule has 4 rings (SSSR count). The number of amides is 1. The molecule has 6 heteroatoms. The van der Waals surface area contributed by atoms with Gasteiger partial charge in [0.15, 0.2) is 17.5 Å². The molecule has 0 bridgehead atoms. The van der Waals surface area contributed by atoms with Gasteiger partial charge in [0, 0.05) is 17.0 Å². The summed E-state index contributed by atoms with van der Waals surface area (Å²) in [6.07, 6.45) is -0.789. The Morgan fingerprint density at radius 3 is 1.84 bits per heavy atom. The van der Waals surface area contributed by atoms with Gasteiger partial charge in [-0.2, -0.15) is 0 Å². The lowest BCUT2D eigenvalue weighted by Crippen LogP contribution is -2.30. The van der Waals surface area contributed by atoms with Crippen LogP contribution in [0.4, 0.5) is 4.39 Å². The maximum Gasteiger partial charge on any atom is 0.248 e. The number of nitrogens with two attached hydrogens (primary N) is 1. The van der Waals surface area contributed by atoms with Crippen LogP contribution in [0.15, 0.2) is 84.9 Å². The first-order valence-corrected chi connectivity index (χ1v) is 10.2. The first-order chi connectivity index (χ1) is 15.3. The van der Waals surface area contributed by atoms with Gasteiger partial charge in [0.05, 0.1) is 0 Å². The predicted octanol–water partition coefficient (Wildman–Crippen LogP) is 4.31. The van der Waals surface area contributed by atoms with E-state index in [1.165, 1.54) is 24.3 Å². The van der Waals surface area contributed by atoms with Crippen molar-refractivity contribution in [2.45, 2.75) is 25.6 Å². The van der Waals surface area contributed by atoms with Crippen LogP contribution in [-0.2, 0) is 15.1 Å². The molecule has 0 aliphatic carbocycles. The van der Waals surface area contributed by atoms with Gasteiger partial charge >= 0.3 is 0 Å². The van der Waals surface area contributed by atoms with Crippen molar-refractivity contribution in [3.8, 4) is 0 Å². The van der Waals surface area contributed by atoms with E-state index in [2.05, 4.69) is 0 Å². The minimum atomic E-state index is -1.29. The highest BCUT2D eigenvalue weighted by Crippen LogP contribution is 2.50. The number of benzene rings is 3. The third kappa shape index (κ3) is 4.81. The van der Waals surface area contributed by atoms with Crippen molar-refractivity contribution >= 4 is 17.5 Å². The molecule has 0 radical (unpaired) electrons. The van der Waals surface area contributed by atoms with Gasteiger partial charge in [-0.25, -0.2) is 4.39 Å². The Hall–Kier alpha value is -3.64. The predicted molar refractivity (Wildman–Crippen MR) is 119 cm³/mol. The minimum Gasteiger partial charge on any atom is -0.366 e. The van der Waals surface area contributed by atoms with E-state index < -0.39 is 17.5 Å². The normalized spacial score (nSPS) is 18.9. The molecule has 0 saturated carbocycles. The van der Waals surface area contributed by atoms with Gasteiger partial charge in [0.2, 0.25) is 11.7 Å². The SMILES string of the molecule is CC(C)C(=O)C1OC1(C(=O)c1ccc(F)cc1)c1ccccc1.NC(=O)c1ccccc1. The minimum absolute atomic E-state index is 0.107. The Morgan fingerprint density at radius 2 is 1.38 bits per heavy atom. The molecule has 1 amide bonds. The van der Waals surface area contributed by atoms with Crippen molar-refractivity contribution in [2.75, 3.05) is 0 Å². The van der Waals surface area contributed by atoms with Crippen molar-refractivity contribution in [3.05, 3.63) is 107 Å². The molecule has 1 saturated heterocycles. The fraction of sp³-hybridized carbons (Fsp3) is 0.192. The summed E-state index contributed by atoms with van der Waals surface area (Å²) in [5.41, 5.74) is 5.21. The molecule has 1 aliphatic rings. The van der Waals surface area contributed by atoms with E-state index >= 15 is 0 Å². The quantitative estimate of drug-likeness (QED) is 0.463. The largest absolute Gasteiger partial charge is 0.366 e. The van der Waals surface area contributed by atoms with Crippen molar-refractivity contribution in [1.82, 2.24) is 0 Å². The van der Waals surface area contributed by atoms with Crippen molar-refractivity contribution < 1.29 is 23.5 Å². The summed E-state index contributed by atoms with van der Waals surface area (Å²) in [5, 5.41) is 0. The zero-order chi connectivity index (χ0) is 23.3. The number of primary amides is 1. The van der Waals surface area contributed by atoms with E-state index in [1.807, 2.05) is 12.1 Å². The highest BCUT2D eigenvalue weighted by Gasteiger charge is 2.66. The Labute approximate surface area is 186 Å². The molecule has 2 unspecified atom stereocenters. The van der Waals surface area contributed by atoms with Crippen LogP contribution in [0.25, 0.3) is 0 Å². The summed E-state index contributed by atoms with van der Waals surface area (Å²) in [6.45, 7) is 3.56. The molecule has 2 atom stereocenters. The molecule has 2 N–H and O–H groups in total. The molecule has 0 aromatic heterocycles. The van der Waals surface area contributed by atoms with Crippen molar-refractivity contribution in [2.24, 2.45) is 11.7 Å². The smallest absolute Gasteiger partial charge is 0.248 e. The maximum absolute atomic E-state index is 13.1.